The summed E-state index contributed by atoms with van der Waals surface area (Å²) in [6.45, 7) is 6.53. The molecular formula is C17H22BrNO. The van der Waals surface area contributed by atoms with Crippen molar-refractivity contribution in [2.45, 2.75) is 56.8 Å². The van der Waals surface area contributed by atoms with Crippen molar-refractivity contribution in [1.29, 1.82) is 0 Å². The topological polar surface area (TPSA) is 20.3 Å². The first kappa shape index (κ1) is 14.1. The molecule has 3 rings (SSSR count). The van der Waals surface area contributed by atoms with Crippen LogP contribution in [0.4, 0.5) is 5.69 Å². The number of rotatable bonds is 3. The highest BCUT2D eigenvalue weighted by Gasteiger charge is 2.39. The zero-order valence-electron chi connectivity index (χ0n) is 12.4. The maximum absolute atomic E-state index is 12.4. The van der Waals surface area contributed by atoms with E-state index in [9.17, 15) is 4.79 Å². The van der Waals surface area contributed by atoms with Crippen LogP contribution in [-0.4, -0.2) is 16.3 Å². The van der Waals surface area contributed by atoms with Crippen molar-refractivity contribution in [3.05, 3.63) is 29.3 Å². The molecule has 1 atom stereocenters. The van der Waals surface area contributed by atoms with Gasteiger partial charge in [-0.25, -0.2) is 0 Å². The van der Waals surface area contributed by atoms with Crippen molar-refractivity contribution in [3.63, 3.8) is 0 Å². The highest BCUT2D eigenvalue weighted by atomic mass is 79.9. The summed E-state index contributed by atoms with van der Waals surface area (Å²) in [6, 6.07) is 6.92. The van der Waals surface area contributed by atoms with Crippen LogP contribution in [0, 0.1) is 5.92 Å². The van der Waals surface area contributed by atoms with E-state index < -0.39 is 0 Å². The van der Waals surface area contributed by atoms with Gasteiger partial charge >= 0.3 is 0 Å². The molecule has 1 fully saturated rings. The van der Waals surface area contributed by atoms with Crippen LogP contribution in [0.1, 0.15) is 44.7 Å². The van der Waals surface area contributed by atoms with Gasteiger partial charge in [0, 0.05) is 22.0 Å². The second-order valence-electron chi connectivity index (χ2n) is 6.89. The third-order valence-corrected chi connectivity index (χ3v) is 4.43. The molecule has 20 heavy (non-hydrogen) atoms. The molecular weight excluding hydrogens is 314 g/mol. The lowest BCUT2D eigenvalue weighted by molar-refractivity contribution is -0.120. The standard InChI is InChI=1S/C17H22BrNO/c1-11-8-14-9-12(10-17(2,3)18)4-7-15(14)19(11)16(20)13-5-6-13/h4,7,9,11,13H,5-6,8,10H2,1-3H3. The molecule has 1 aromatic rings. The summed E-state index contributed by atoms with van der Waals surface area (Å²) in [6.07, 6.45) is 4.15. The van der Waals surface area contributed by atoms with Gasteiger partial charge in [0.05, 0.1) is 0 Å². The van der Waals surface area contributed by atoms with Gasteiger partial charge in [0.15, 0.2) is 0 Å². The molecule has 0 spiro atoms. The number of hydrogen-bond donors (Lipinski definition) is 0. The average Bonchev–Trinajstić information content (AvgIpc) is 3.09. The fraction of sp³-hybridized carbons (Fsp3) is 0.588. The first-order valence-electron chi connectivity index (χ1n) is 7.49. The predicted molar refractivity (Wildman–Crippen MR) is 86.5 cm³/mol. The second-order valence-corrected chi connectivity index (χ2v) is 9.04. The van der Waals surface area contributed by atoms with Crippen molar-refractivity contribution in [1.82, 2.24) is 0 Å². The van der Waals surface area contributed by atoms with E-state index in [4.69, 9.17) is 0 Å². The average molecular weight is 336 g/mol. The minimum atomic E-state index is 0.120. The zero-order valence-corrected chi connectivity index (χ0v) is 14.0. The molecule has 1 aromatic carbocycles. The Morgan fingerprint density at radius 1 is 1.40 bits per heavy atom. The molecule has 108 valence electrons. The summed E-state index contributed by atoms with van der Waals surface area (Å²) >= 11 is 3.71. The first-order chi connectivity index (χ1) is 9.35. The molecule has 1 aliphatic carbocycles. The van der Waals surface area contributed by atoms with Gasteiger partial charge < -0.3 is 4.90 Å². The summed E-state index contributed by atoms with van der Waals surface area (Å²) in [5, 5.41) is 0. The second kappa shape index (κ2) is 4.87. The van der Waals surface area contributed by atoms with Crippen LogP contribution in [0.25, 0.3) is 0 Å². The molecule has 1 unspecified atom stereocenters. The summed E-state index contributed by atoms with van der Waals surface area (Å²) in [7, 11) is 0. The fourth-order valence-electron chi connectivity index (χ4n) is 3.14. The Morgan fingerprint density at radius 2 is 2.10 bits per heavy atom. The van der Waals surface area contributed by atoms with Crippen LogP contribution in [0.5, 0.6) is 0 Å². The molecule has 0 N–H and O–H groups in total. The van der Waals surface area contributed by atoms with E-state index in [0.717, 1.165) is 31.4 Å². The van der Waals surface area contributed by atoms with E-state index in [0.29, 0.717) is 17.9 Å². The molecule has 1 saturated carbocycles. The first-order valence-corrected chi connectivity index (χ1v) is 8.28. The Hall–Kier alpha value is -0.830. The normalized spacial score (nSPS) is 22.0. The molecule has 0 aromatic heterocycles. The summed E-state index contributed by atoms with van der Waals surface area (Å²) in [5.41, 5.74) is 3.82. The van der Waals surface area contributed by atoms with E-state index in [-0.39, 0.29) is 4.32 Å². The van der Waals surface area contributed by atoms with Gasteiger partial charge in [-0.15, -0.1) is 0 Å². The SMILES string of the molecule is CC1Cc2cc(CC(C)(C)Br)ccc2N1C(=O)C1CC1. The third-order valence-electron chi connectivity index (χ3n) is 4.15. The summed E-state index contributed by atoms with van der Waals surface area (Å²) in [5.74, 6) is 0.634. The number of carbonyl (C=O) groups excluding carboxylic acids is 1. The van der Waals surface area contributed by atoms with Gasteiger partial charge in [-0.3, -0.25) is 4.79 Å². The number of hydrogen-bond acceptors (Lipinski definition) is 1. The minimum absolute atomic E-state index is 0.120. The van der Waals surface area contributed by atoms with E-state index in [2.05, 4.69) is 54.9 Å². The fourth-order valence-corrected chi connectivity index (χ4v) is 3.47. The van der Waals surface area contributed by atoms with E-state index in [1.807, 2.05) is 4.90 Å². The molecule has 1 aliphatic heterocycles. The van der Waals surface area contributed by atoms with Crippen molar-refractivity contribution in [2.24, 2.45) is 5.92 Å². The summed E-state index contributed by atoms with van der Waals surface area (Å²) in [4.78, 5) is 14.5. The third kappa shape index (κ3) is 2.78. The largest absolute Gasteiger partial charge is 0.309 e. The van der Waals surface area contributed by atoms with Crippen molar-refractivity contribution < 1.29 is 4.79 Å². The molecule has 1 heterocycles. The van der Waals surface area contributed by atoms with Crippen LogP contribution in [-0.2, 0) is 17.6 Å². The van der Waals surface area contributed by atoms with E-state index in [1.165, 1.54) is 11.1 Å². The Morgan fingerprint density at radius 3 is 2.70 bits per heavy atom. The van der Waals surface area contributed by atoms with Crippen LogP contribution >= 0.6 is 15.9 Å². The highest BCUT2D eigenvalue weighted by Crippen LogP contribution is 2.39. The van der Waals surface area contributed by atoms with Crippen molar-refractivity contribution in [3.8, 4) is 0 Å². The minimum Gasteiger partial charge on any atom is -0.309 e. The van der Waals surface area contributed by atoms with Gasteiger partial charge in [0.1, 0.15) is 0 Å². The number of carbonyl (C=O) groups is 1. The van der Waals surface area contributed by atoms with Crippen molar-refractivity contribution in [2.75, 3.05) is 4.90 Å². The Labute approximate surface area is 129 Å². The number of alkyl halides is 1. The lowest BCUT2D eigenvalue weighted by atomic mass is 9.99. The van der Waals surface area contributed by atoms with Gasteiger partial charge in [-0.1, -0.05) is 28.1 Å². The predicted octanol–water partition coefficient (Wildman–Crippen LogP) is 4.09. The quantitative estimate of drug-likeness (QED) is 0.762. The lowest BCUT2D eigenvalue weighted by Gasteiger charge is -2.23. The molecule has 0 saturated heterocycles. The Kier molecular flexibility index (Phi) is 3.44. The van der Waals surface area contributed by atoms with Gasteiger partial charge in [0.2, 0.25) is 5.91 Å². The monoisotopic (exact) mass is 335 g/mol. The van der Waals surface area contributed by atoms with Gasteiger partial charge in [-0.05, 0) is 63.6 Å². The molecule has 0 radical (unpaired) electrons. The number of nitrogens with zero attached hydrogens (tertiary/aromatic N) is 1. The Bertz CT molecular complexity index is 542. The smallest absolute Gasteiger partial charge is 0.230 e. The zero-order chi connectivity index (χ0) is 14.5. The van der Waals surface area contributed by atoms with Crippen LogP contribution in [0.2, 0.25) is 0 Å². The number of amides is 1. The van der Waals surface area contributed by atoms with Crippen molar-refractivity contribution >= 4 is 27.5 Å². The van der Waals surface area contributed by atoms with E-state index >= 15 is 0 Å². The van der Waals surface area contributed by atoms with Gasteiger partial charge in [-0.2, -0.15) is 0 Å². The van der Waals surface area contributed by atoms with Crippen LogP contribution in [0.3, 0.4) is 0 Å². The van der Waals surface area contributed by atoms with Gasteiger partial charge in [0.25, 0.3) is 0 Å². The maximum atomic E-state index is 12.4. The summed E-state index contributed by atoms with van der Waals surface area (Å²) < 4.78 is 0.120. The lowest BCUT2D eigenvalue weighted by Crippen LogP contribution is -2.36. The molecule has 0 bridgehead atoms. The van der Waals surface area contributed by atoms with E-state index in [1.54, 1.807) is 0 Å². The molecule has 3 heteroatoms. The van der Waals surface area contributed by atoms with Crippen LogP contribution < -0.4 is 4.90 Å². The molecule has 1 amide bonds. The number of benzene rings is 1. The number of halogens is 1. The maximum Gasteiger partial charge on any atom is 0.230 e. The Balaban J connectivity index is 1.87. The number of fused-ring (bicyclic) bond motifs is 1. The number of anilines is 1. The molecule has 2 aliphatic rings. The molecule has 2 nitrogen and oxygen atoms in total. The van der Waals surface area contributed by atoms with Crippen LogP contribution in [0.15, 0.2) is 18.2 Å². The highest BCUT2D eigenvalue weighted by molar-refractivity contribution is 9.10.